The van der Waals surface area contributed by atoms with Gasteiger partial charge in [0.15, 0.2) is 0 Å². The lowest BCUT2D eigenvalue weighted by Crippen LogP contribution is -2.39. The highest BCUT2D eigenvalue weighted by atomic mass is 16.5. The minimum Gasteiger partial charge on any atom is -0.497 e. The molecule has 2 heterocycles. The molecule has 2 aliphatic heterocycles. The second-order valence-corrected chi connectivity index (χ2v) is 8.32. The summed E-state index contributed by atoms with van der Waals surface area (Å²) < 4.78 is 5.13. The summed E-state index contributed by atoms with van der Waals surface area (Å²) in [6.07, 6.45) is 3.24. The van der Waals surface area contributed by atoms with E-state index in [4.69, 9.17) is 4.74 Å². The normalized spacial score (nSPS) is 17.2. The number of methoxy groups -OCH3 is 1. The van der Waals surface area contributed by atoms with Crippen LogP contribution in [0.3, 0.4) is 0 Å². The van der Waals surface area contributed by atoms with Crippen molar-refractivity contribution in [3.05, 3.63) is 65.2 Å². The first kappa shape index (κ1) is 21.9. The molecular weight excluding hydrogens is 406 g/mol. The molecule has 4 rings (SSSR count). The van der Waals surface area contributed by atoms with Crippen molar-refractivity contribution in [2.24, 2.45) is 0 Å². The summed E-state index contributed by atoms with van der Waals surface area (Å²) in [6, 6.07) is 15.0. The largest absolute Gasteiger partial charge is 0.497 e. The molecule has 1 saturated heterocycles. The standard InChI is InChI=1S/C25H29N3O4/c1-32-21-12-10-18(11-13-21)16-26-23(29)9-3-2-6-14-27-24(30)22-15-19-7-4-5-8-20(19)17-28(22)25(27)31/h4-5,7-8,10-13,22H,2-3,6,9,14-17H2,1H3,(H,26,29). The number of rotatable bonds is 9. The Balaban J connectivity index is 1.16. The molecular formula is C25H29N3O4. The molecule has 0 bridgehead atoms. The SMILES string of the molecule is COc1ccc(CNC(=O)CCCCCN2C(=O)C3Cc4ccccc4CN3C2=O)cc1. The first-order valence-corrected chi connectivity index (χ1v) is 11.1. The summed E-state index contributed by atoms with van der Waals surface area (Å²) in [5.74, 6) is 0.696. The molecule has 0 saturated carbocycles. The average molecular weight is 436 g/mol. The van der Waals surface area contributed by atoms with E-state index < -0.39 is 0 Å². The van der Waals surface area contributed by atoms with E-state index in [1.54, 1.807) is 12.0 Å². The minimum atomic E-state index is -0.374. The highest BCUT2D eigenvalue weighted by Crippen LogP contribution is 2.30. The van der Waals surface area contributed by atoms with Crippen molar-refractivity contribution in [1.29, 1.82) is 0 Å². The van der Waals surface area contributed by atoms with Gasteiger partial charge in [-0.1, -0.05) is 42.8 Å². The van der Waals surface area contributed by atoms with Gasteiger partial charge in [0.05, 0.1) is 7.11 Å². The number of urea groups is 1. The topological polar surface area (TPSA) is 79.0 Å². The van der Waals surface area contributed by atoms with Crippen molar-refractivity contribution in [3.63, 3.8) is 0 Å². The van der Waals surface area contributed by atoms with Crippen LogP contribution in [0.5, 0.6) is 5.75 Å². The number of fused-ring (bicyclic) bond motifs is 2. The lowest BCUT2D eigenvalue weighted by Gasteiger charge is -2.28. The zero-order chi connectivity index (χ0) is 22.5. The monoisotopic (exact) mass is 435 g/mol. The van der Waals surface area contributed by atoms with E-state index in [0.717, 1.165) is 35.3 Å². The van der Waals surface area contributed by atoms with Gasteiger partial charge in [0.2, 0.25) is 5.91 Å². The van der Waals surface area contributed by atoms with Crippen LogP contribution in [0.2, 0.25) is 0 Å². The number of benzene rings is 2. The fourth-order valence-electron chi connectivity index (χ4n) is 4.34. The van der Waals surface area contributed by atoms with Crippen molar-refractivity contribution < 1.29 is 19.1 Å². The summed E-state index contributed by atoms with van der Waals surface area (Å²) >= 11 is 0. The summed E-state index contributed by atoms with van der Waals surface area (Å²) in [6.45, 7) is 1.39. The lowest BCUT2D eigenvalue weighted by atomic mass is 9.95. The Hall–Kier alpha value is -3.35. The maximum atomic E-state index is 12.8. The molecule has 4 amide bonds. The van der Waals surface area contributed by atoms with E-state index in [-0.39, 0.29) is 23.9 Å². The van der Waals surface area contributed by atoms with Crippen molar-refractivity contribution in [1.82, 2.24) is 15.1 Å². The van der Waals surface area contributed by atoms with E-state index in [1.807, 2.05) is 48.5 Å². The second kappa shape index (κ2) is 9.85. The average Bonchev–Trinajstić information content (AvgIpc) is 3.05. The van der Waals surface area contributed by atoms with Crippen LogP contribution in [-0.2, 0) is 29.1 Å². The Morgan fingerprint density at radius 2 is 1.78 bits per heavy atom. The Morgan fingerprint density at radius 1 is 1.03 bits per heavy atom. The summed E-state index contributed by atoms with van der Waals surface area (Å²) in [5.41, 5.74) is 3.29. The van der Waals surface area contributed by atoms with Crippen LogP contribution in [0.15, 0.2) is 48.5 Å². The summed E-state index contributed by atoms with van der Waals surface area (Å²) in [7, 11) is 1.62. The summed E-state index contributed by atoms with van der Waals surface area (Å²) in [4.78, 5) is 40.7. The number of carbonyl (C=O) groups excluding carboxylic acids is 3. The number of amides is 4. The molecule has 1 N–H and O–H groups in total. The molecule has 0 aliphatic carbocycles. The van der Waals surface area contributed by atoms with Crippen LogP contribution >= 0.6 is 0 Å². The van der Waals surface area contributed by atoms with Crippen molar-refractivity contribution >= 4 is 17.8 Å². The van der Waals surface area contributed by atoms with E-state index in [9.17, 15) is 14.4 Å². The molecule has 7 heteroatoms. The van der Waals surface area contributed by atoms with Gasteiger partial charge in [-0.05, 0) is 41.7 Å². The highest BCUT2D eigenvalue weighted by Gasteiger charge is 2.46. The second-order valence-electron chi connectivity index (χ2n) is 8.32. The maximum Gasteiger partial charge on any atom is 0.327 e. The van der Waals surface area contributed by atoms with Gasteiger partial charge in [-0.3, -0.25) is 14.5 Å². The number of nitrogens with zero attached hydrogens (tertiary/aromatic N) is 2. The molecule has 1 unspecified atom stereocenters. The van der Waals surface area contributed by atoms with Gasteiger partial charge in [-0.25, -0.2) is 4.79 Å². The van der Waals surface area contributed by atoms with Crippen LogP contribution in [-0.4, -0.2) is 47.3 Å². The first-order chi connectivity index (χ1) is 15.6. The third kappa shape index (κ3) is 4.77. The van der Waals surface area contributed by atoms with Crippen molar-refractivity contribution in [2.75, 3.05) is 13.7 Å². The van der Waals surface area contributed by atoms with Gasteiger partial charge in [-0.2, -0.15) is 0 Å². The predicted octanol–water partition coefficient (Wildman–Crippen LogP) is 3.26. The molecule has 0 aromatic heterocycles. The molecule has 0 spiro atoms. The number of carbonyl (C=O) groups is 3. The van der Waals surface area contributed by atoms with Crippen LogP contribution in [0.1, 0.15) is 42.4 Å². The number of unbranched alkanes of at least 4 members (excludes halogenated alkanes) is 2. The van der Waals surface area contributed by atoms with E-state index in [0.29, 0.717) is 38.9 Å². The van der Waals surface area contributed by atoms with Gasteiger partial charge in [-0.15, -0.1) is 0 Å². The quantitative estimate of drug-likeness (QED) is 0.484. The number of ether oxygens (including phenoxy) is 1. The Labute approximate surface area is 188 Å². The Bertz CT molecular complexity index is 946. The maximum absolute atomic E-state index is 12.8. The molecule has 0 radical (unpaired) electrons. The third-order valence-electron chi connectivity index (χ3n) is 6.21. The number of hydrogen-bond acceptors (Lipinski definition) is 4. The van der Waals surface area contributed by atoms with Gasteiger partial charge in [0.1, 0.15) is 11.8 Å². The van der Waals surface area contributed by atoms with Gasteiger partial charge in [0, 0.05) is 32.5 Å². The van der Waals surface area contributed by atoms with Crippen LogP contribution in [0, 0.1) is 0 Å². The Kier molecular flexibility index (Phi) is 6.73. The predicted molar refractivity (Wildman–Crippen MR) is 120 cm³/mol. The number of nitrogens with one attached hydrogen (secondary N) is 1. The molecule has 1 atom stereocenters. The molecule has 168 valence electrons. The minimum absolute atomic E-state index is 0.00374. The number of hydrogen-bond donors (Lipinski definition) is 1. The van der Waals surface area contributed by atoms with Crippen molar-refractivity contribution in [3.8, 4) is 5.75 Å². The van der Waals surface area contributed by atoms with Gasteiger partial charge < -0.3 is 15.0 Å². The summed E-state index contributed by atoms with van der Waals surface area (Å²) in [5, 5.41) is 2.92. The molecule has 32 heavy (non-hydrogen) atoms. The Morgan fingerprint density at radius 3 is 2.53 bits per heavy atom. The molecule has 7 nitrogen and oxygen atoms in total. The molecule has 2 aromatic carbocycles. The van der Waals surface area contributed by atoms with E-state index in [1.165, 1.54) is 4.90 Å². The van der Waals surface area contributed by atoms with E-state index >= 15 is 0 Å². The number of imide groups is 1. The molecule has 1 fully saturated rings. The van der Waals surface area contributed by atoms with E-state index in [2.05, 4.69) is 5.32 Å². The van der Waals surface area contributed by atoms with Gasteiger partial charge in [0.25, 0.3) is 5.91 Å². The molecule has 2 aromatic rings. The fourth-order valence-corrected chi connectivity index (χ4v) is 4.34. The zero-order valence-corrected chi connectivity index (χ0v) is 18.4. The van der Waals surface area contributed by atoms with Crippen LogP contribution in [0.4, 0.5) is 4.79 Å². The zero-order valence-electron chi connectivity index (χ0n) is 18.4. The third-order valence-corrected chi connectivity index (χ3v) is 6.21. The smallest absolute Gasteiger partial charge is 0.327 e. The molecule has 2 aliphatic rings. The first-order valence-electron chi connectivity index (χ1n) is 11.1. The van der Waals surface area contributed by atoms with Gasteiger partial charge >= 0.3 is 6.03 Å². The highest BCUT2D eigenvalue weighted by molar-refractivity contribution is 6.04. The lowest BCUT2D eigenvalue weighted by molar-refractivity contribution is -0.128. The fraction of sp³-hybridized carbons (Fsp3) is 0.400. The van der Waals surface area contributed by atoms with Crippen molar-refractivity contribution in [2.45, 2.75) is 51.2 Å². The van der Waals surface area contributed by atoms with Crippen LogP contribution < -0.4 is 10.1 Å². The van der Waals surface area contributed by atoms with Crippen LogP contribution in [0.25, 0.3) is 0 Å².